The first kappa shape index (κ1) is 54.0. The van der Waals surface area contributed by atoms with Gasteiger partial charge in [-0.1, -0.05) is 188 Å². The lowest BCUT2D eigenvalue weighted by atomic mass is 9.58. The van der Waals surface area contributed by atoms with Crippen molar-refractivity contribution in [1.29, 1.82) is 0 Å². The first-order valence-electron chi connectivity index (χ1n) is 33.4. The lowest BCUT2D eigenvalue weighted by molar-refractivity contribution is 0.101. The van der Waals surface area contributed by atoms with Gasteiger partial charge in [-0.15, -0.1) is 0 Å². The van der Waals surface area contributed by atoms with Crippen molar-refractivity contribution in [1.82, 2.24) is 0 Å². The van der Waals surface area contributed by atoms with E-state index in [9.17, 15) is 0 Å². The van der Waals surface area contributed by atoms with E-state index >= 15 is 0 Å². The lowest BCUT2D eigenvalue weighted by Crippen LogP contribution is -2.56. The minimum atomic E-state index is -0.0882. The Kier molecular flexibility index (Phi) is 11.6. The summed E-state index contributed by atoms with van der Waals surface area (Å²) in [6.07, 6.45) is 10.9. The predicted octanol–water partition coefficient (Wildman–Crippen LogP) is 23.9. The fraction of sp³-hybridized carbons (Fsp3) is 0.318. The Bertz CT molecular complexity index is 4450. The van der Waals surface area contributed by atoms with Crippen LogP contribution in [0.25, 0.3) is 76.8 Å². The van der Waals surface area contributed by atoms with Crippen LogP contribution in [0.15, 0.2) is 212 Å². The third-order valence-corrected chi connectivity index (χ3v) is 25.3. The van der Waals surface area contributed by atoms with Crippen LogP contribution in [0.3, 0.4) is 0 Å². The van der Waals surface area contributed by atoms with Gasteiger partial charge >= 0.3 is 0 Å². The number of anilines is 6. The average molecular weight is 1150 g/mol. The highest BCUT2D eigenvalue weighted by Gasteiger charge is 2.61. The van der Waals surface area contributed by atoms with E-state index in [0.29, 0.717) is 17.8 Å². The lowest BCUT2D eigenvalue weighted by Gasteiger charge is -2.55. The van der Waals surface area contributed by atoms with Crippen LogP contribution in [0.2, 0.25) is 0 Å². The molecule has 88 heavy (non-hydrogen) atoms. The van der Waals surface area contributed by atoms with E-state index in [4.69, 9.17) is 0 Å². The van der Waals surface area contributed by atoms with E-state index in [0.717, 1.165) is 0 Å². The van der Waals surface area contributed by atoms with E-state index in [1.165, 1.54) is 185 Å². The SMILES string of the molecule is CC1(C)CCCC2c3cc(-c4cc(-c5ccccc5)c5ccc6c(-c7ccc8c(c7)C7CCCC(C)(C)C7(C)N8c7ccccc7)cc(-c7ccc8c(c7)C7CCCC(C)(C)C7(C)N8c7ccccc7)c7ccc4c5c67)ccc3N(c3ccccc3)C21C. The number of para-hydroxylation sites is 3. The van der Waals surface area contributed by atoms with Crippen molar-refractivity contribution in [2.45, 2.75) is 154 Å². The van der Waals surface area contributed by atoms with Gasteiger partial charge in [0.2, 0.25) is 0 Å². The van der Waals surface area contributed by atoms with E-state index in [1.54, 1.807) is 0 Å². The summed E-state index contributed by atoms with van der Waals surface area (Å²) in [5.41, 5.74) is 22.9. The van der Waals surface area contributed by atoms with Crippen LogP contribution in [0.5, 0.6) is 0 Å². The normalized spacial score (nSPS) is 25.4. The monoisotopic (exact) mass is 1150 g/mol. The molecule has 3 aliphatic carbocycles. The van der Waals surface area contributed by atoms with Gasteiger partial charge < -0.3 is 14.7 Å². The van der Waals surface area contributed by atoms with E-state index in [1.807, 2.05) is 0 Å². The fourth-order valence-electron chi connectivity index (χ4n) is 19.9. The fourth-order valence-corrected chi connectivity index (χ4v) is 19.9. The molecule has 3 aliphatic heterocycles. The highest BCUT2D eigenvalue weighted by Crippen LogP contribution is 2.67. The summed E-state index contributed by atoms with van der Waals surface area (Å²) in [6, 6.07) is 83.2. The zero-order valence-corrected chi connectivity index (χ0v) is 53.1. The second-order valence-electron chi connectivity index (χ2n) is 30.1. The van der Waals surface area contributed by atoms with Crippen LogP contribution in [-0.2, 0) is 0 Å². The van der Waals surface area contributed by atoms with Gasteiger partial charge in [0, 0.05) is 51.9 Å². The first-order chi connectivity index (χ1) is 42.5. The molecule has 0 aromatic heterocycles. The Morgan fingerprint density at radius 3 is 0.852 bits per heavy atom. The van der Waals surface area contributed by atoms with E-state index < -0.39 is 0 Å². The number of nitrogens with zero attached hydrogens (tertiary/aromatic N) is 3. The molecule has 438 valence electrons. The van der Waals surface area contributed by atoms with Gasteiger partial charge in [-0.25, -0.2) is 0 Å². The van der Waals surface area contributed by atoms with Crippen molar-refractivity contribution in [3.05, 3.63) is 229 Å². The van der Waals surface area contributed by atoms with Crippen LogP contribution < -0.4 is 14.7 Å². The zero-order valence-electron chi connectivity index (χ0n) is 53.1. The molecule has 3 nitrogen and oxygen atoms in total. The molecule has 0 amide bonds. The topological polar surface area (TPSA) is 9.72 Å². The summed E-state index contributed by atoms with van der Waals surface area (Å²) in [4.78, 5) is 8.23. The summed E-state index contributed by atoms with van der Waals surface area (Å²) >= 11 is 0. The van der Waals surface area contributed by atoms with Crippen LogP contribution in [-0.4, -0.2) is 16.6 Å². The van der Waals surface area contributed by atoms with Crippen molar-refractivity contribution < 1.29 is 0 Å². The zero-order chi connectivity index (χ0) is 59.9. The molecule has 6 aliphatic rings. The number of fused-ring (bicyclic) bond motifs is 9. The molecule has 3 fully saturated rings. The Morgan fingerprint density at radius 1 is 0.284 bits per heavy atom. The van der Waals surface area contributed by atoms with Crippen molar-refractivity contribution in [2.24, 2.45) is 16.2 Å². The third kappa shape index (κ3) is 7.19. The van der Waals surface area contributed by atoms with Crippen molar-refractivity contribution in [2.75, 3.05) is 14.7 Å². The van der Waals surface area contributed by atoms with E-state index in [2.05, 4.69) is 289 Å². The molecule has 0 saturated heterocycles. The summed E-state index contributed by atoms with van der Waals surface area (Å²) in [5, 5.41) is 8.00. The minimum absolute atomic E-state index is 0.0787. The first-order valence-corrected chi connectivity index (χ1v) is 33.4. The van der Waals surface area contributed by atoms with Crippen molar-refractivity contribution >= 4 is 66.4 Å². The Labute approximate surface area is 522 Å². The molecule has 0 spiro atoms. The number of benzene rings is 11. The van der Waals surface area contributed by atoms with Crippen molar-refractivity contribution in [3.8, 4) is 44.5 Å². The molecular formula is C85H83N3. The number of hydrogen-bond donors (Lipinski definition) is 0. The van der Waals surface area contributed by atoms with Gasteiger partial charge in [0.15, 0.2) is 0 Å². The molecule has 11 aromatic rings. The predicted molar refractivity (Wildman–Crippen MR) is 374 cm³/mol. The largest absolute Gasteiger partial charge is 0.334 e. The Hall–Kier alpha value is -8.14. The maximum Gasteiger partial charge on any atom is 0.0543 e. The summed E-state index contributed by atoms with van der Waals surface area (Å²) < 4.78 is 0. The van der Waals surface area contributed by atoms with E-state index in [-0.39, 0.29) is 32.9 Å². The summed E-state index contributed by atoms with van der Waals surface area (Å²) in [5.74, 6) is 1.19. The van der Waals surface area contributed by atoms with Crippen LogP contribution >= 0.6 is 0 Å². The highest BCUT2D eigenvalue weighted by atomic mass is 15.3. The van der Waals surface area contributed by atoms with Gasteiger partial charge in [-0.05, 0) is 254 Å². The molecule has 17 rings (SSSR count). The van der Waals surface area contributed by atoms with Gasteiger partial charge in [0.25, 0.3) is 0 Å². The average Bonchev–Trinajstić information content (AvgIpc) is 1.48. The Morgan fingerprint density at radius 2 is 0.557 bits per heavy atom. The highest BCUT2D eigenvalue weighted by molar-refractivity contribution is 6.32. The molecule has 6 unspecified atom stereocenters. The molecular weight excluding hydrogens is 1060 g/mol. The molecule has 11 aromatic carbocycles. The second-order valence-corrected chi connectivity index (χ2v) is 30.1. The maximum absolute atomic E-state index is 2.75. The molecule has 3 heterocycles. The van der Waals surface area contributed by atoms with Crippen molar-refractivity contribution in [3.63, 3.8) is 0 Å². The van der Waals surface area contributed by atoms with Gasteiger partial charge in [-0.2, -0.15) is 0 Å². The van der Waals surface area contributed by atoms with Gasteiger partial charge in [0.05, 0.1) is 16.6 Å². The van der Waals surface area contributed by atoms with Gasteiger partial charge in [-0.3, -0.25) is 0 Å². The second kappa shape index (κ2) is 18.9. The molecule has 3 saturated carbocycles. The molecule has 6 atom stereocenters. The third-order valence-electron chi connectivity index (χ3n) is 25.3. The molecule has 0 radical (unpaired) electrons. The Balaban J connectivity index is 0.934. The standard InChI is InChI=1S/C85H83N3/c1-80(2)46-22-33-72-69-49-55(36-43-75(69)86(83(72,80)7)58-27-16-11-17-28-58)66-52-65(54-25-14-10-15-26-54)61-39-40-63-67(56-37-44-76-70(50-56)73-34-23-47-81(3,4)84(73,8)87(76)59-29-18-12-19-30-59)53-68(64-42-41-62(66)78(61)79(63)64)57-38-45-77-71(51-57)74-35-24-48-82(5,6)85(74,9)88(77)60-31-20-13-21-32-60/h10-21,25-32,36-45,49-53,72-74H,22-24,33-35,46-48H2,1-9H3. The minimum Gasteiger partial charge on any atom is -0.334 e. The number of hydrogen-bond acceptors (Lipinski definition) is 3. The van der Waals surface area contributed by atoms with Crippen LogP contribution in [0, 0.1) is 16.2 Å². The summed E-state index contributed by atoms with van der Waals surface area (Å²) in [6.45, 7) is 23.0. The van der Waals surface area contributed by atoms with Gasteiger partial charge in [0.1, 0.15) is 0 Å². The maximum atomic E-state index is 2.75. The molecule has 0 bridgehead atoms. The number of rotatable bonds is 7. The molecule has 0 N–H and O–H groups in total. The summed E-state index contributed by atoms with van der Waals surface area (Å²) in [7, 11) is 0. The molecule has 3 heteroatoms. The van der Waals surface area contributed by atoms with Crippen LogP contribution in [0.1, 0.15) is 155 Å². The smallest absolute Gasteiger partial charge is 0.0543 e. The van der Waals surface area contributed by atoms with Crippen LogP contribution in [0.4, 0.5) is 34.1 Å². The quantitative estimate of drug-likeness (QED) is 0.147.